The van der Waals surface area contributed by atoms with E-state index in [1.807, 2.05) is 4.90 Å². The molecule has 3 N–H and O–H groups in total. The van der Waals surface area contributed by atoms with E-state index in [0.717, 1.165) is 19.3 Å². The Bertz CT molecular complexity index is 404. The van der Waals surface area contributed by atoms with Gasteiger partial charge in [0.1, 0.15) is 5.69 Å². The SMILES string of the molecule is CC1CCCC(CN)N1C(=O)c1cc(Cl)c[nH]1. The van der Waals surface area contributed by atoms with Crippen LogP contribution in [0, 0.1) is 0 Å². The number of carbonyl (C=O) groups excluding carboxylic acids is 1. The topological polar surface area (TPSA) is 62.1 Å². The Balaban J connectivity index is 2.21. The summed E-state index contributed by atoms with van der Waals surface area (Å²) >= 11 is 5.82. The molecule has 1 aromatic rings. The quantitative estimate of drug-likeness (QED) is 0.849. The minimum absolute atomic E-state index is 0.000417. The second-order valence-electron chi connectivity index (χ2n) is 4.61. The average molecular weight is 256 g/mol. The van der Waals surface area contributed by atoms with Crippen molar-refractivity contribution in [1.29, 1.82) is 0 Å². The molecule has 0 spiro atoms. The molecule has 4 nitrogen and oxygen atoms in total. The summed E-state index contributed by atoms with van der Waals surface area (Å²) in [5.74, 6) is -0.000417. The third kappa shape index (κ3) is 2.48. The van der Waals surface area contributed by atoms with E-state index < -0.39 is 0 Å². The van der Waals surface area contributed by atoms with Gasteiger partial charge in [0.2, 0.25) is 0 Å². The van der Waals surface area contributed by atoms with Gasteiger partial charge in [0.25, 0.3) is 5.91 Å². The Labute approximate surface area is 106 Å². The van der Waals surface area contributed by atoms with Crippen molar-refractivity contribution in [3.8, 4) is 0 Å². The highest BCUT2D eigenvalue weighted by Crippen LogP contribution is 2.24. The van der Waals surface area contributed by atoms with Crippen molar-refractivity contribution < 1.29 is 4.79 Å². The van der Waals surface area contributed by atoms with E-state index in [0.29, 0.717) is 17.3 Å². The van der Waals surface area contributed by atoms with Gasteiger partial charge in [-0.1, -0.05) is 11.6 Å². The fraction of sp³-hybridized carbons (Fsp3) is 0.583. The highest BCUT2D eigenvalue weighted by molar-refractivity contribution is 6.30. The summed E-state index contributed by atoms with van der Waals surface area (Å²) in [6.07, 6.45) is 4.79. The Morgan fingerprint density at radius 1 is 1.65 bits per heavy atom. The van der Waals surface area contributed by atoms with Crippen LogP contribution in [-0.2, 0) is 0 Å². The minimum atomic E-state index is -0.000417. The van der Waals surface area contributed by atoms with Crippen LogP contribution >= 0.6 is 11.6 Å². The molecule has 1 aliphatic heterocycles. The number of aromatic amines is 1. The molecule has 2 unspecified atom stereocenters. The zero-order chi connectivity index (χ0) is 12.4. The number of hydrogen-bond donors (Lipinski definition) is 2. The molecule has 0 radical (unpaired) electrons. The van der Waals surface area contributed by atoms with Gasteiger partial charge in [-0.25, -0.2) is 0 Å². The number of likely N-dealkylation sites (tertiary alicyclic amines) is 1. The maximum atomic E-state index is 12.4. The highest BCUT2D eigenvalue weighted by atomic mass is 35.5. The van der Waals surface area contributed by atoms with Gasteiger partial charge in [0, 0.05) is 24.8 Å². The number of piperidine rings is 1. The lowest BCUT2D eigenvalue weighted by atomic mass is 9.96. The predicted molar refractivity (Wildman–Crippen MR) is 68.1 cm³/mol. The van der Waals surface area contributed by atoms with E-state index in [1.54, 1.807) is 12.3 Å². The molecule has 5 heteroatoms. The van der Waals surface area contributed by atoms with Crippen LogP contribution in [0.1, 0.15) is 36.7 Å². The van der Waals surface area contributed by atoms with E-state index in [2.05, 4.69) is 11.9 Å². The number of rotatable bonds is 2. The summed E-state index contributed by atoms with van der Waals surface area (Å²) in [6.45, 7) is 2.59. The number of aromatic nitrogens is 1. The maximum absolute atomic E-state index is 12.4. The number of hydrogen-bond acceptors (Lipinski definition) is 2. The summed E-state index contributed by atoms with van der Waals surface area (Å²) < 4.78 is 0. The van der Waals surface area contributed by atoms with Crippen LogP contribution in [-0.4, -0.2) is 34.4 Å². The van der Waals surface area contributed by atoms with Crippen molar-refractivity contribution in [3.05, 3.63) is 23.0 Å². The van der Waals surface area contributed by atoms with Gasteiger partial charge in [0.15, 0.2) is 0 Å². The molecule has 0 saturated carbocycles. The molecule has 1 saturated heterocycles. The van der Waals surface area contributed by atoms with Gasteiger partial charge in [-0.2, -0.15) is 0 Å². The molecule has 1 amide bonds. The number of carbonyl (C=O) groups is 1. The molecular formula is C12H18ClN3O. The van der Waals surface area contributed by atoms with Gasteiger partial charge in [-0.3, -0.25) is 4.79 Å². The summed E-state index contributed by atoms with van der Waals surface area (Å²) in [5.41, 5.74) is 6.29. The Kier molecular flexibility index (Phi) is 3.74. The summed E-state index contributed by atoms with van der Waals surface area (Å²) in [5, 5.41) is 0.558. The van der Waals surface area contributed by atoms with Crippen molar-refractivity contribution >= 4 is 17.5 Å². The monoisotopic (exact) mass is 255 g/mol. The molecule has 1 aliphatic rings. The summed E-state index contributed by atoms with van der Waals surface area (Å²) in [4.78, 5) is 17.2. The number of halogens is 1. The van der Waals surface area contributed by atoms with Crippen molar-refractivity contribution in [3.63, 3.8) is 0 Å². The van der Waals surface area contributed by atoms with Crippen LogP contribution in [0.25, 0.3) is 0 Å². The van der Waals surface area contributed by atoms with Crippen LogP contribution in [0.3, 0.4) is 0 Å². The van der Waals surface area contributed by atoms with Crippen LogP contribution in [0.5, 0.6) is 0 Å². The third-order valence-corrected chi connectivity index (χ3v) is 3.63. The Morgan fingerprint density at radius 3 is 3.00 bits per heavy atom. The van der Waals surface area contributed by atoms with E-state index in [4.69, 9.17) is 17.3 Å². The molecule has 2 atom stereocenters. The van der Waals surface area contributed by atoms with Gasteiger partial charge >= 0.3 is 0 Å². The second kappa shape index (κ2) is 5.10. The summed E-state index contributed by atoms with van der Waals surface area (Å²) in [6, 6.07) is 2.05. The molecular weight excluding hydrogens is 238 g/mol. The zero-order valence-electron chi connectivity index (χ0n) is 9.95. The number of nitrogens with one attached hydrogen (secondary N) is 1. The van der Waals surface area contributed by atoms with Crippen LogP contribution < -0.4 is 5.73 Å². The van der Waals surface area contributed by atoms with E-state index in [1.165, 1.54) is 0 Å². The lowest BCUT2D eigenvalue weighted by Gasteiger charge is -2.40. The van der Waals surface area contributed by atoms with Crippen molar-refractivity contribution in [2.75, 3.05) is 6.54 Å². The van der Waals surface area contributed by atoms with Crippen LogP contribution in [0.15, 0.2) is 12.3 Å². The zero-order valence-corrected chi connectivity index (χ0v) is 10.7. The third-order valence-electron chi connectivity index (χ3n) is 3.41. The number of nitrogens with zero attached hydrogens (tertiary/aromatic N) is 1. The van der Waals surface area contributed by atoms with E-state index >= 15 is 0 Å². The lowest BCUT2D eigenvalue weighted by Crippen LogP contribution is -2.51. The van der Waals surface area contributed by atoms with Gasteiger partial charge in [-0.15, -0.1) is 0 Å². The fourth-order valence-electron chi connectivity index (χ4n) is 2.51. The number of amides is 1. The van der Waals surface area contributed by atoms with Gasteiger partial charge in [-0.05, 0) is 32.3 Å². The standard InChI is InChI=1S/C12H18ClN3O/c1-8-3-2-4-10(6-14)16(8)12(17)11-5-9(13)7-15-11/h5,7-8,10,15H,2-4,6,14H2,1H3. The number of H-pyrrole nitrogens is 1. The summed E-state index contributed by atoms with van der Waals surface area (Å²) in [7, 11) is 0. The van der Waals surface area contributed by atoms with Gasteiger partial charge in [0.05, 0.1) is 5.02 Å². The minimum Gasteiger partial charge on any atom is -0.356 e. The fourth-order valence-corrected chi connectivity index (χ4v) is 2.68. The van der Waals surface area contributed by atoms with Crippen molar-refractivity contribution in [2.45, 2.75) is 38.3 Å². The molecule has 2 heterocycles. The first-order chi connectivity index (χ1) is 8.13. The van der Waals surface area contributed by atoms with Crippen LogP contribution in [0.2, 0.25) is 5.02 Å². The normalized spacial score (nSPS) is 25.0. The van der Waals surface area contributed by atoms with E-state index in [-0.39, 0.29) is 18.0 Å². The lowest BCUT2D eigenvalue weighted by molar-refractivity contribution is 0.0489. The van der Waals surface area contributed by atoms with Gasteiger partial charge < -0.3 is 15.6 Å². The molecule has 0 bridgehead atoms. The van der Waals surface area contributed by atoms with Crippen LogP contribution in [0.4, 0.5) is 0 Å². The first kappa shape index (κ1) is 12.5. The largest absolute Gasteiger partial charge is 0.356 e. The molecule has 94 valence electrons. The van der Waals surface area contributed by atoms with Crippen molar-refractivity contribution in [1.82, 2.24) is 9.88 Å². The van der Waals surface area contributed by atoms with E-state index in [9.17, 15) is 4.79 Å². The molecule has 0 aromatic carbocycles. The number of nitrogens with two attached hydrogens (primary N) is 1. The highest BCUT2D eigenvalue weighted by Gasteiger charge is 2.31. The molecule has 1 fully saturated rings. The maximum Gasteiger partial charge on any atom is 0.270 e. The Hall–Kier alpha value is -1.00. The second-order valence-corrected chi connectivity index (χ2v) is 5.05. The Morgan fingerprint density at radius 2 is 2.41 bits per heavy atom. The molecule has 2 rings (SSSR count). The first-order valence-electron chi connectivity index (χ1n) is 6.00. The van der Waals surface area contributed by atoms with Crippen molar-refractivity contribution in [2.24, 2.45) is 5.73 Å². The first-order valence-corrected chi connectivity index (χ1v) is 6.38. The molecule has 17 heavy (non-hydrogen) atoms. The molecule has 0 aliphatic carbocycles. The average Bonchev–Trinajstić information content (AvgIpc) is 2.74. The molecule has 1 aromatic heterocycles. The predicted octanol–water partition coefficient (Wildman–Crippen LogP) is 2.01. The smallest absolute Gasteiger partial charge is 0.270 e.